The summed E-state index contributed by atoms with van der Waals surface area (Å²) in [6, 6.07) is 5.93. The summed E-state index contributed by atoms with van der Waals surface area (Å²) in [5.74, 6) is 2.30. The predicted octanol–water partition coefficient (Wildman–Crippen LogP) is 4.73. The second-order valence-corrected chi connectivity index (χ2v) is 7.03. The molecule has 0 bridgehead atoms. The monoisotopic (exact) mass is 375 g/mol. The van der Waals surface area contributed by atoms with Crippen molar-refractivity contribution >= 4 is 23.1 Å². The third kappa shape index (κ3) is 4.16. The minimum atomic E-state index is 0.613. The number of ether oxygens (including phenoxy) is 2. The van der Waals surface area contributed by atoms with E-state index in [-0.39, 0.29) is 0 Å². The van der Waals surface area contributed by atoms with Gasteiger partial charge in [0.25, 0.3) is 0 Å². The van der Waals surface area contributed by atoms with Gasteiger partial charge in [0, 0.05) is 35.6 Å². The lowest BCUT2D eigenvalue weighted by molar-refractivity contribution is 0.311. The van der Waals surface area contributed by atoms with Gasteiger partial charge in [0.15, 0.2) is 16.7 Å². The molecule has 3 aromatic rings. The van der Waals surface area contributed by atoms with E-state index < -0.39 is 0 Å². The molecule has 0 saturated heterocycles. The molecule has 0 amide bonds. The summed E-state index contributed by atoms with van der Waals surface area (Å²) in [5.41, 5.74) is 2.10. The first-order valence-corrected chi connectivity index (χ1v) is 10.0. The van der Waals surface area contributed by atoms with Crippen molar-refractivity contribution in [3.05, 3.63) is 41.7 Å². The highest BCUT2D eigenvalue weighted by Gasteiger charge is 2.11. The van der Waals surface area contributed by atoms with E-state index in [2.05, 4.69) is 21.9 Å². The van der Waals surface area contributed by atoms with E-state index in [0.717, 1.165) is 45.2 Å². The Hall–Kier alpha value is -1.99. The number of aromatic nitrogens is 3. The Morgan fingerprint density at radius 2 is 2.12 bits per heavy atom. The molecule has 0 radical (unpaired) electrons. The third-order valence-corrected chi connectivity index (χ3v) is 5.61. The highest BCUT2D eigenvalue weighted by atomic mass is 32.2. The van der Waals surface area contributed by atoms with E-state index in [1.807, 2.05) is 37.5 Å². The Morgan fingerprint density at radius 3 is 2.88 bits per heavy atom. The molecule has 0 saturated carbocycles. The van der Waals surface area contributed by atoms with Crippen LogP contribution in [-0.4, -0.2) is 28.3 Å². The van der Waals surface area contributed by atoms with Crippen molar-refractivity contribution in [2.45, 2.75) is 31.3 Å². The van der Waals surface area contributed by atoms with E-state index in [1.165, 1.54) is 0 Å². The van der Waals surface area contributed by atoms with Gasteiger partial charge in [-0.2, -0.15) is 0 Å². The van der Waals surface area contributed by atoms with Crippen LogP contribution in [0.5, 0.6) is 11.5 Å². The number of nitrogens with zero attached hydrogens (tertiary/aromatic N) is 3. The second kappa shape index (κ2) is 8.40. The summed E-state index contributed by atoms with van der Waals surface area (Å²) >= 11 is 3.35. The van der Waals surface area contributed by atoms with Crippen molar-refractivity contribution in [3.8, 4) is 22.1 Å². The van der Waals surface area contributed by atoms with Gasteiger partial charge in [0.2, 0.25) is 0 Å². The van der Waals surface area contributed by atoms with Crippen molar-refractivity contribution in [1.29, 1.82) is 0 Å². The van der Waals surface area contributed by atoms with Crippen molar-refractivity contribution in [2.24, 2.45) is 0 Å². The number of benzene rings is 1. The number of methoxy groups -OCH3 is 1. The summed E-state index contributed by atoms with van der Waals surface area (Å²) in [4.78, 5) is 9.14. The molecule has 0 N–H and O–H groups in total. The summed E-state index contributed by atoms with van der Waals surface area (Å²) in [6.45, 7) is 5.62. The Morgan fingerprint density at radius 1 is 1.24 bits per heavy atom. The van der Waals surface area contributed by atoms with Gasteiger partial charge < -0.3 is 14.0 Å². The molecule has 25 heavy (non-hydrogen) atoms. The third-order valence-electron chi connectivity index (χ3n) is 3.63. The smallest absolute Gasteiger partial charge is 0.168 e. The van der Waals surface area contributed by atoms with Crippen LogP contribution >= 0.6 is 23.1 Å². The summed E-state index contributed by atoms with van der Waals surface area (Å²) < 4.78 is 13.1. The average molecular weight is 376 g/mol. The zero-order valence-corrected chi connectivity index (χ0v) is 16.2. The molecule has 3 rings (SSSR count). The van der Waals surface area contributed by atoms with Crippen LogP contribution in [0, 0.1) is 0 Å². The summed E-state index contributed by atoms with van der Waals surface area (Å²) in [6.07, 6.45) is 3.84. The molecule has 0 aliphatic carbocycles. The van der Waals surface area contributed by atoms with E-state index in [1.54, 1.807) is 30.2 Å². The largest absolute Gasteiger partial charge is 0.493 e. The van der Waals surface area contributed by atoms with Crippen LogP contribution in [-0.2, 0) is 12.3 Å². The molecule has 1 aromatic carbocycles. The number of imidazole rings is 1. The molecule has 0 unspecified atom stereocenters. The first kappa shape index (κ1) is 17.8. The van der Waals surface area contributed by atoms with Crippen molar-refractivity contribution in [3.63, 3.8) is 0 Å². The number of thioether (sulfide) groups is 1. The number of aryl methyl sites for hydroxylation is 1. The predicted molar refractivity (Wildman–Crippen MR) is 103 cm³/mol. The van der Waals surface area contributed by atoms with Crippen LogP contribution in [0.15, 0.2) is 41.1 Å². The van der Waals surface area contributed by atoms with E-state index in [4.69, 9.17) is 14.5 Å². The number of hydrogen-bond donors (Lipinski definition) is 0. The molecule has 0 aliphatic heterocycles. The first-order valence-electron chi connectivity index (χ1n) is 8.14. The Balaban J connectivity index is 1.72. The maximum absolute atomic E-state index is 5.57. The van der Waals surface area contributed by atoms with E-state index in [0.29, 0.717) is 6.61 Å². The number of rotatable bonds is 8. The molecule has 132 valence electrons. The average Bonchev–Trinajstić information content (AvgIpc) is 3.29. The number of hydrogen-bond acceptors (Lipinski definition) is 6. The van der Waals surface area contributed by atoms with Crippen LogP contribution < -0.4 is 9.47 Å². The zero-order chi connectivity index (χ0) is 17.6. The standard InChI is InChI=1S/C18H21N3O2S2/c1-4-21-9-8-19-18(21)25-12-14-11-24-17(20-14)13-6-7-15(23-5-2)16(10-13)22-3/h6-11H,4-5,12H2,1-3H3. The Kier molecular flexibility index (Phi) is 5.99. The van der Waals surface area contributed by atoms with E-state index >= 15 is 0 Å². The van der Waals surface area contributed by atoms with Gasteiger partial charge in [-0.3, -0.25) is 0 Å². The van der Waals surface area contributed by atoms with Crippen LogP contribution in [0.2, 0.25) is 0 Å². The maximum atomic E-state index is 5.57. The lowest BCUT2D eigenvalue weighted by Gasteiger charge is -2.09. The highest BCUT2D eigenvalue weighted by molar-refractivity contribution is 7.98. The minimum absolute atomic E-state index is 0.613. The molecular weight excluding hydrogens is 354 g/mol. The molecule has 2 heterocycles. The molecule has 2 aromatic heterocycles. The molecule has 7 heteroatoms. The minimum Gasteiger partial charge on any atom is -0.493 e. The maximum Gasteiger partial charge on any atom is 0.168 e. The lowest BCUT2D eigenvalue weighted by Crippen LogP contribution is -1.95. The molecule has 0 atom stereocenters. The van der Waals surface area contributed by atoms with Crippen LogP contribution in [0.3, 0.4) is 0 Å². The zero-order valence-electron chi connectivity index (χ0n) is 14.6. The van der Waals surface area contributed by atoms with Gasteiger partial charge in [-0.05, 0) is 32.0 Å². The van der Waals surface area contributed by atoms with Crippen LogP contribution in [0.4, 0.5) is 0 Å². The van der Waals surface area contributed by atoms with Crippen LogP contribution in [0.25, 0.3) is 10.6 Å². The van der Waals surface area contributed by atoms with Crippen LogP contribution in [0.1, 0.15) is 19.5 Å². The van der Waals surface area contributed by atoms with E-state index in [9.17, 15) is 0 Å². The van der Waals surface area contributed by atoms with Crippen molar-refractivity contribution < 1.29 is 9.47 Å². The SMILES string of the molecule is CCOc1ccc(-c2nc(CSc3nccn3CC)cs2)cc1OC. The Bertz CT molecular complexity index is 829. The normalized spacial score (nSPS) is 10.8. The van der Waals surface area contributed by atoms with Gasteiger partial charge in [-0.25, -0.2) is 9.97 Å². The lowest BCUT2D eigenvalue weighted by atomic mass is 10.2. The highest BCUT2D eigenvalue weighted by Crippen LogP contribution is 2.34. The number of thiazole rings is 1. The molecule has 0 aliphatic rings. The van der Waals surface area contributed by atoms with Gasteiger partial charge >= 0.3 is 0 Å². The summed E-state index contributed by atoms with van der Waals surface area (Å²) in [7, 11) is 1.65. The summed E-state index contributed by atoms with van der Waals surface area (Å²) in [5, 5.41) is 4.11. The fourth-order valence-electron chi connectivity index (χ4n) is 2.40. The van der Waals surface area contributed by atoms with Gasteiger partial charge in [-0.1, -0.05) is 11.8 Å². The fourth-order valence-corrected chi connectivity index (χ4v) is 4.23. The molecular formula is C18H21N3O2S2. The quantitative estimate of drug-likeness (QED) is 0.533. The molecule has 0 spiro atoms. The first-order chi connectivity index (χ1) is 12.2. The second-order valence-electron chi connectivity index (χ2n) is 5.23. The molecule has 0 fully saturated rings. The van der Waals surface area contributed by atoms with Crippen molar-refractivity contribution in [1.82, 2.24) is 14.5 Å². The van der Waals surface area contributed by atoms with Crippen molar-refractivity contribution in [2.75, 3.05) is 13.7 Å². The Labute approximate surface area is 156 Å². The molecule has 5 nitrogen and oxygen atoms in total. The van der Waals surface area contributed by atoms with Gasteiger partial charge in [0.1, 0.15) is 5.01 Å². The topological polar surface area (TPSA) is 49.2 Å². The van der Waals surface area contributed by atoms with Gasteiger partial charge in [0.05, 0.1) is 19.4 Å². The van der Waals surface area contributed by atoms with Gasteiger partial charge in [-0.15, -0.1) is 11.3 Å². The fraction of sp³-hybridized carbons (Fsp3) is 0.333.